The summed E-state index contributed by atoms with van der Waals surface area (Å²) in [5.74, 6) is 0.136. The van der Waals surface area contributed by atoms with Gasteiger partial charge < -0.3 is 10.6 Å². The van der Waals surface area contributed by atoms with E-state index in [1.165, 1.54) is 0 Å². The van der Waals surface area contributed by atoms with Crippen molar-refractivity contribution in [3.8, 4) is 0 Å². The molecule has 110 valence electrons. The number of benzene rings is 1. The molecule has 1 aromatic rings. The number of thiocarbonyl (C=S) groups is 1. The highest BCUT2D eigenvalue weighted by Crippen LogP contribution is 2.26. The zero-order valence-corrected chi connectivity index (χ0v) is 13.9. The zero-order chi connectivity index (χ0) is 15.3. The molecule has 0 atom stereocenters. The summed E-state index contributed by atoms with van der Waals surface area (Å²) in [6.07, 6.45) is 0.482. The lowest BCUT2D eigenvalue weighted by molar-refractivity contribution is 0.0741. The first-order chi connectivity index (χ1) is 9.32. The molecule has 0 bridgehead atoms. The van der Waals surface area contributed by atoms with E-state index in [0.717, 1.165) is 0 Å². The third-order valence-electron chi connectivity index (χ3n) is 2.68. The van der Waals surface area contributed by atoms with E-state index in [1.54, 1.807) is 23.1 Å². The van der Waals surface area contributed by atoms with Crippen molar-refractivity contribution >= 4 is 46.3 Å². The SMILES string of the molecule is CC(C)CN(CCC(N)=S)C(=O)c1c(Cl)cccc1Cl. The number of carbonyl (C=O) groups is 1. The number of carbonyl (C=O) groups excluding carboxylic acids is 1. The first-order valence-electron chi connectivity index (χ1n) is 6.34. The van der Waals surface area contributed by atoms with Crippen molar-refractivity contribution in [3.05, 3.63) is 33.8 Å². The van der Waals surface area contributed by atoms with Crippen molar-refractivity contribution in [3.63, 3.8) is 0 Å². The minimum atomic E-state index is -0.189. The molecule has 0 heterocycles. The third-order valence-corrected chi connectivity index (χ3v) is 3.51. The van der Waals surface area contributed by atoms with Gasteiger partial charge in [0.25, 0.3) is 5.91 Å². The fraction of sp³-hybridized carbons (Fsp3) is 0.429. The molecule has 0 aliphatic heterocycles. The van der Waals surface area contributed by atoms with Crippen molar-refractivity contribution in [2.75, 3.05) is 13.1 Å². The van der Waals surface area contributed by atoms with Gasteiger partial charge in [-0.3, -0.25) is 4.79 Å². The maximum atomic E-state index is 12.6. The Kier molecular flexibility index (Phi) is 6.72. The quantitative estimate of drug-likeness (QED) is 0.806. The second kappa shape index (κ2) is 7.81. The van der Waals surface area contributed by atoms with Gasteiger partial charge in [-0.05, 0) is 18.1 Å². The molecule has 0 fully saturated rings. The average molecular weight is 333 g/mol. The first-order valence-corrected chi connectivity index (χ1v) is 7.51. The molecule has 0 aliphatic carbocycles. The number of rotatable bonds is 6. The van der Waals surface area contributed by atoms with Gasteiger partial charge >= 0.3 is 0 Å². The molecule has 20 heavy (non-hydrogen) atoms. The number of hydrogen-bond acceptors (Lipinski definition) is 2. The Bertz CT molecular complexity index is 486. The molecule has 0 spiro atoms. The summed E-state index contributed by atoms with van der Waals surface area (Å²) in [6.45, 7) is 5.14. The summed E-state index contributed by atoms with van der Waals surface area (Å²) in [7, 11) is 0. The lowest BCUT2D eigenvalue weighted by Gasteiger charge is -2.25. The minimum absolute atomic E-state index is 0.189. The van der Waals surface area contributed by atoms with Crippen LogP contribution in [0.5, 0.6) is 0 Å². The molecule has 0 saturated heterocycles. The van der Waals surface area contributed by atoms with Gasteiger partial charge in [-0.2, -0.15) is 0 Å². The average Bonchev–Trinajstić information content (AvgIpc) is 2.33. The number of halogens is 2. The predicted molar refractivity (Wildman–Crippen MR) is 88.6 cm³/mol. The van der Waals surface area contributed by atoms with E-state index < -0.39 is 0 Å². The van der Waals surface area contributed by atoms with Crippen LogP contribution in [-0.2, 0) is 0 Å². The highest BCUT2D eigenvalue weighted by atomic mass is 35.5. The Hall–Kier alpha value is -0.840. The van der Waals surface area contributed by atoms with Crippen molar-refractivity contribution in [1.82, 2.24) is 4.90 Å². The number of nitrogens with two attached hydrogens (primary N) is 1. The van der Waals surface area contributed by atoms with E-state index in [-0.39, 0.29) is 5.91 Å². The van der Waals surface area contributed by atoms with Crippen LogP contribution in [0.25, 0.3) is 0 Å². The molecule has 1 aromatic carbocycles. The van der Waals surface area contributed by atoms with E-state index in [1.807, 2.05) is 13.8 Å². The Morgan fingerprint density at radius 2 is 1.90 bits per heavy atom. The first kappa shape index (κ1) is 17.2. The molecule has 0 aromatic heterocycles. The highest BCUT2D eigenvalue weighted by Gasteiger charge is 2.21. The van der Waals surface area contributed by atoms with E-state index in [9.17, 15) is 4.79 Å². The normalized spacial score (nSPS) is 10.7. The van der Waals surface area contributed by atoms with E-state index in [2.05, 4.69) is 0 Å². The summed E-state index contributed by atoms with van der Waals surface area (Å²) in [5, 5.41) is 0.707. The largest absolute Gasteiger partial charge is 0.393 e. The van der Waals surface area contributed by atoms with Crippen molar-refractivity contribution in [2.24, 2.45) is 11.7 Å². The van der Waals surface area contributed by atoms with Crippen LogP contribution < -0.4 is 5.73 Å². The molecular weight excluding hydrogens is 315 g/mol. The lowest BCUT2D eigenvalue weighted by Crippen LogP contribution is -2.36. The molecule has 6 heteroatoms. The van der Waals surface area contributed by atoms with Crippen LogP contribution in [0.3, 0.4) is 0 Å². The summed E-state index contributed by atoms with van der Waals surface area (Å²) in [6, 6.07) is 5.02. The molecule has 0 saturated carbocycles. The maximum absolute atomic E-state index is 12.6. The summed E-state index contributed by atoms with van der Waals surface area (Å²) < 4.78 is 0. The maximum Gasteiger partial charge on any atom is 0.256 e. The minimum Gasteiger partial charge on any atom is -0.393 e. The van der Waals surface area contributed by atoms with E-state index in [0.29, 0.717) is 46.0 Å². The van der Waals surface area contributed by atoms with Gasteiger partial charge in [-0.25, -0.2) is 0 Å². The Morgan fingerprint density at radius 3 is 2.35 bits per heavy atom. The Labute approximate surface area is 135 Å². The summed E-state index contributed by atoms with van der Waals surface area (Å²) in [4.78, 5) is 14.7. The number of nitrogens with zero attached hydrogens (tertiary/aromatic N) is 1. The highest BCUT2D eigenvalue weighted by molar-refractivity contribution is 7.80. The molecule has 3 nitrogen and oxygen atoms in total. The lowest BCUT2D eigenvalue weighted by atomic mass is 10.1. The Balaban J connectivity index is 3.00. The van der Waals surface area contributed by atoms with Crippen molar-refractivity contribution < 1.29 is 4.79 Å². The summed E-state index contributed by atoms with van der Waals surface area (Å²) in [5.41, 5.74) is 5.84. The predicted octanol–water partition coefficient (Wildman–Crippen LogP) is 3.77. The van der Waals surface area contributed by atoms with Gasteiger partial charge in [-0.1, -0.05) is 55.3 Å². The smallest absolute Gasteiger partial charge is 0.256 e. The fourth-order valence-electron chi connectivity index (χ4n) is 1.82. The van der Waals surface area contributed by atoms with Gasteiger partial charge in [0.1, 0.15) is 0 Å². The standard InChI is InChI=1S/C14H18Cl2N2OS/c1-9(2)8-18(7-6-12(17)20)14(19)13-10(15)4-3-5-11(13)16/h3-5,9H,6-8H2,1-2H3,(H2,17,20). The molecular formula is C14H18Cl2N2OS. The molecule has 1 amide bonds. The van der Waals surface area contributed by atoms with Crippen LogP contribution >= 0.6 is 35.4 Å². The number of hydrogen-bond donors (Lipinski definition) is 1. The van der Waals surface area contributed by atoms with Gasteiger partial charge in [-0.15, -0.1) is 0 Å². The fourth-order valence-corrected chi connectivity index (χ4v) is 2.47. The van der Waals surface area contributed by atoms with Crippen LogP contribution in [0, 0.1) is 5.92 Å². The van der Waals surface area contributed by atoms with Crippen LogP contribution in [0.4, 0.5) is 0 Å². The topological polar surface area (TPSA) is 46.3 Å². The van der Waals surface area contributed by atoms with Crippen molar-refractivity contribution in [2.45, 2.75) is 20.3 Å². The van der Waals surface area contributed by atoms with Crippen molar-refractivity contribution in [1.29, 1.82) is 0 Å². The molecule has 1 rings (SSSR count). The van der Waals surface area contributed by atoms with Crippen LogP contribution in [-0.4, -0.2) is 28.9 Å². The van der Waals surface area contributed by atoms with E-state index >= 15 is 0 Å². The van der Waals surface area contributed by atoms with Gasteiger partial charge in [0.05, 0.1) is 20.6 Å². The van der Waals surface area contributed by atoms with Gasteiger partial charge in [0.2, 0.25) is 0 Å². The van der Waals surface area contributed by atoms with E-state index in [4.69, 9.17) is 41.2 Å². The Morgan fingerprint density at radius 1 is 1.35 bits per heavy atom. The summed E-state index contributed by atoms with van der Waals surface area (Å²) >= 11 is 17.0. The third kappa shape index (κ3) is 4.93. The zero-order valence-electron chi connectivity index (χ0n) is 11.5. The monoisotopic (exact) mass is 332 g/mol. The van der Waals surface area contributed by atoms with Gasteiger partial charge in [0, 0.05) is 19.5 Å². The van der Waals surface area contributed by atoms with Gasteiger partial charge in [0.15, 0.2) is 0 Å². The molecule has 0 radical (unpaired) electrons. The van der Waals surface area contributed by atoms with Crippen LogP contribution in [0.2, 0.25) is 10.0 Å². The van der Waals surface area contributed by atoms with Crippen LogP contribution in [0.1, 0.15) is 30.6 Å². The van der Waals surface area contributed by atoms with Crippen LogP contribution in [0.15, 0.2) is 18.2 Å². The molecule has 0 unspecified atom stereocenters. The molecule has 2 N–H and O–H groups in total. The number of amides is 1. The second-order valence-corrected chi connectivity index (χ2v) is 6.30. The second-order valence-electron chi connectivity index (χ2n) is 4.96. The molecule has 0 aliphatic rings.